The van der Waals surface area contributed by atoms with E-state index in [1.54, 1.807) is 0 Å². The van der Waals surface area contributed by atoms with Crippen LogP contribution in [0.5, 0.6) is 0 Å². The lowest BCUT2D eigenvalue weighted by molar-refractivity contribution is -0.145. The number of carbonyl (C=O) groups is 3. The van der Waals surface area contributed by atoms with Crippen molar-refractivity contribution in [2.24, 2.45) is 0 Å². The van der Waals surface area contributed by atoms with Crippen LogP contribution in [0.3, 0.4) is 0 Å². The maximum Gasteiger partial charge on any atom is 0.326 e. The zero-order valence-corrected chi connectivity index (χ0v) is 9.10. The van der Waals surface area contributed by atoms with E-state index in [1.807, 2.05) is 5.32 Å². The Labute approximate surface area is 100.0 Å². The molecule has 8 heteroatoms. The van der Waals surface area contributed by atoms with Gasteiger partial charge >= 0.3 is 11.9 Å². The number of carboxylic acids is 2. The van der Waals surface area contributed by atoms with Crippen LogP contribution in [0.2, 0.25) is 5.22 Å². The van der Waals surface area contributed by atoms with Crippen molar-refractivity contribution < 1.29 is 29.0 Å². The molecule has 0 aromatic carbocycles. The molecule has 0 fully saturated rings. The third-order valence-corrected chi connectivity index (χ3v) is 2.14. The van der Waals surface area contributed by atoms with Gasteiger partial charge in [-0.1, -0.05) is 0 Å². The average molecular weight is 262 g/mol. The number of aliphatic carboxylic acids is 2. The summed E-state index contributed by atoms with van der Waals surface area (Å²) < 4.78 is 4.65. The summed E-state index contributed by atoms with van der Waals surface area (Å²) in [5.41, 5.74) is -0.0525. The lowest BCUT2D eigenvalue weighted by Gasteiger charge is -2.11. The molecule has 1 rings (SSSR count). The minimum absolute atomic E-state index is 0.0525. The van der Waals surface area contributed by atoms with Gasteiger partial charge in [-0.05, 0) is 17.7 Å². The monoisotopic (exact) mass is 261 g/mol. The second-order valence-electron chi connectivity index (χ2n) is 3.07. The number of hydrogen-bond donors (Lipinski definition) is 3. The molecule has 0 saturated carbocycles. The highest BCUT2D eigenvalue weighted by atomic mass is 35.5. The van der Waals surface area contributed by atoms with E-state index in [4.69, 9.17) is 21.8 Å². The van der Waals surface area contributed by atoms with Crippen molar-refractivity contribution in [3.63, 3.8) is 0 Å². The average Bonchev–Trinajstić information content (AvgIpc) is 2.62. The quantitative estimate of drug-likeness (QED) is 0.714. The van der Waals surface area contributed by atoms with Crippen molar-refractivity contribution in [2.45, 2.75) is 12.5 Å². The van der Waals surface area contributed by atoms with Gasteiger partial charge in [-0.25, -0.2) is 4.79 Å². The molecular weight excluding hydrogens is 254 g/mol. The van der Waals surface area contributed by atoms with Crippen molar-refractivity contribution in [2.75, 3.05) is 0 Å². The predicted molar refractivity (Wildman–Crippen MR) is 54.9 cm³/mol. The summed E-state index contributed by atoms with van der Waals surface area (Å²) in [5.74, 6) is -3.59. The Hall–Kier alpha value is -2.02. The molecule has 0 saturated heterocycles. The summed E-state index contributed by atoms with van der Waals surface area (Å²) in [6.45, 7) is 0. The summed E-state index contributed by atoms with van der Waals surface area (Å²) >= 11 is 5.51. The predicted octanol–water partition coefficient (Wildman–Crippen LogP) is 0.591. The molecule has 1 aromatic rings. The van der Waals surface area contributed by atoms with Gasteiger partial charge < -0.3 is 19.9 Å². The van der Waals surface area contributed by atoms with E-state index < -0.39 is 30.3 Å². The molecule has 0 bridgehead atoms. The van der Waals surface area contributed by atoms with E-state index in [0.29, 0.717) is 0 Å². The Morgan fingerprint density at radius 3 is 2.47 bits per heavy atom. The lowest BCUT2D eigenvalue weighted by atomic mass is 10.2. The van der Waals surface area contributed by atoms with Crippen LogP contribution in [0.1, 0.15) is 16.8 Å². The molecule has 0 unspecified atom stereocenters. The molecule has 0 aliphatic rings. The van der Waals surface area contributed by atoms with Gasteiger partial charge in [0.15, 0.2) is 0 Å². The standard InChI is InChI=1S/C9H8ClNO6/c10-7-4(1-2-17-7)8(14)11-5(9(15)16)3-6(12)13/h1-2,5H,3H2,(H,11,14)(H,12,13)(H,15,16)/t5-/m1/s1. The Kier molecular flexibility index (Phi) is 4.11. The van der Waals surface area contributed by atoms with Crippen LogP contribution in [-0.4, -0.2) is 34.1 Å². The number of hydrogen-bond acceptors (Lipinski definition) is 4. The second kappa shape index (κ2) is 5.35. The van der Waals surface area contributed by atoms with Crippen molar-refractivity contribution >= 4 is 29.4 Å². The summed E-state index contributed by atoms with van der Waals surface area (Å²) in [4.78, 5) is 32.6. The maximum absolute atomic E-state index is 11.5. The minimum Gasteiger partial charge on any atom is -0.481 e. The van der Waals surface area contributed by atoms with E-state index in [1.165, 1.54) is 6.07 Å². The van der Waals surface area contributed by atoms with Crippen LogP contribution in [0, 0.1) is 0 Å². The molecule has 1 amide bonds. The normalized spacial score (nSPS) is 11.8. The van der Waals surface area contributed by atoms with Crippen molar-refractivity contribution in [3.05, 3.63) is 23.1 Å². The molecule has 0 radical (unpaired) electrons. The Morgan fingerprint density at radius 1 is 1.41 bits per heavy atom. The van der Waals surface area contributed by atoms with E-state index in [-0.39, 0.29) is 10.8 Å². The van der Waals surface area contributed by atoms with Crippen LogP contribution in [-0.2, 0) is 9.59 Å². The number of rotatable bonds is 5. The second-order valence-corrected chi connectivity index (χ2v) is 3.41. The van der Waals surface area contributed by atoms with Crippen LogP contribution in [0.15, 0.2) is 16.7 Å². The van der Waals surface area contributed by atoms with Crippen LogP contribution >= 0.6 is 11.6 Å². The van der Waals surface area contributed by atoms with Gasteiger partial charge in [0.25, 0.3) is 5.91 Å². The van der Waals surface area contributed by atoms with E-state index in [0.717, 1.165) is 6.26 Å². The topological polar surface area (TPSA) is 117 Å². The Balaban J connectivity index is 2.74. The highest BCUT2D eigenvalue weighted by Gasteiger charge is 2.25. The molecule has 1 atom stereocenters. The first-order valence-corrected chi connectivity index (χ1v) is 4.78. The summed E-state index contributed by atoms with van der Waals surface area (Å²) in [5, 5.41) is 19.0. The smallest absolute Gasteiger partial charge is 0.326 e. The van der Waals surface area contributed by atoms with Gasteiger partial charge in [0.05, 0.1) is 18.2 Å². The van der Waals surface area contributed by atoms with Crippen molar-refractivity contribution in [1.29, 1.82) is 0 Å². The Morgan fingerprint density at radius 2 is 2.06 bits per heavy atom. The molecular formula is C9H8ClNO6. The van der Waals surface area contributed by atoms with Gasteiger partial charge in [-0.2, -0.15) is 0 Å². The van der Waals surface area contributed by atoms with E-state index in [9.17, 15) is 14.4 Å². The summed E-state index contributed by atoms with van der Waals surface area (Å²) in [7, 11) is 0. The SMILES string of the molecule is O=C(O)C[C@@H](NC(=O)c1ccoc1Cl)C(=O)O. The molecule has 92 valence electrons. The molecule has 7 nitrogen and oxygen atoms in total. The maximum atomic E-state index is 11.5. The highest BCUT2D eigenvalue weighted by Crippen LogP contribution is 2.16. The number of amides is 1. The number of halogens is 1. The van der Waals surface area contributed by atoms with E-state index in [2.05, 4.69) is 4.42 Å². The summed E-state index contributed by atoms with van der Waals surface area (Å²) in [6.07, 6.45) is 0.431. The van der Waals surface area contributed by atoms with Crippen LogP contribution in [0.4, 0.5) is 0 Å². The lowest BCUT2D eigenvalue weighted by Crippen LogP contribution is -2.42. The molecule has 3 N–H and O–H groups in total. The molecule has 0 spiro atoms. The molecule has 1 heterocycles. The molecule has 17 heavy (non-hydrogen) atoms. The van der Waals surface area contributed by atoms with E-state index >= 15 is 0 Å². The highest BCUT2D eigenvalue weighted by molar-refractivity contribution is 6.32. The number of carboxylic acid groups (broad SMARTS) is 2. The zero-order chi connectivity index (χ0) is 13.0. The Bertz CT molecular complexity index is 454. The van der Waals surface area contributed by atoms with Crippen LogP contribution < -0.4 is 5.32 Å². The molecule has 1 aromatic heterocycles. The fourth-order valence-electron chi connectivity index (χ4n) is 1.07. The van der Waals surface area contributed by atoms with Crippen molar-refractivity contribution in [3.8, 4) is 0 Å². The minimum atomic E-state index is -1.52. The van der Waals surface area contributed by atoms with Gasteiger partial charge in [-0.3, -0.25) is 9.59 Å². The summed E-state index contributed by atoms with van der Waals surface area (Å²) in [6, 6.07) is -0.275. The number of nitrogens with one attached hydrogen (secondary N) is 1. The zero-order valence-electron chi connectivity index (χ0n) is 8.34. The number of furan rings is 1. The van der Waals surface area contributed by atoms with Crippen LogP contribution in [0.25, 0.3) is 0 Å². The third kappa shape index (κ3) is 3.49. The first kappa shape index (κ1) is 13.0. The van der Waals surface area contributed by atoms with Gasteiger partial charge in [0.2, 0.25) is 5.22 Å². The van der Waals surface area contributed by atoms with Gasteiger partial charge in [-0.15, -0.1) is 0 Å². The van der Waals surface area contributed by atoms with Crippen molar-refractivity contribution in [1.82, 2.24) is 5.32 Å². The fraction of sp³-hybridized carbons (Fsp3) is 0.222. The van der Waals surface area contributed by atoms with Gasteiger partial charge in [0, 0.05) is 0 Å². The first-order chi connectivity index (χ1) is 7.91. The molecule has 0 aliphatic carbocycles. The molecule has 0 aliphatic heterocycles. The first-order valence-electron chi connectivity index (χ1n) is 4.40. The third-order valence-electron chi connectivity index (χ3n) is 1.84. The largest absolute Gasteiger partial charge is 0.481 e. The van der Waals surface area contributed by atoms with Gasteiger partial charge in [0.1, 0.15) is 6.04 Å². The number of carbonyl (C=O) groups excluding carboxylic acids is 1. The fourth-order valence-corrected chi connectivity index (χ4v) is 1.27.